The van der Waals surface area contributed by atoms with Crippen molar-refractivity contribution in [3.05, 3.63) is 30.3 Å². The highest BCUT2D eigenvalue weighted by atomic mass is 32.2. The Morgan fingerprint density at radius 2 is 1.42 bits per heavy atom. The standard InChI is InChI=1S/C10H8O7S2/c11-7-4-6-2-1-3-8(18(12,13)14)10(6)9(5-7)19(15,16)17/h1-5,11H,(H,12,13,14)(H,15,16,17). The lowest BCUT2D eigenvalue weighted by Crippen LogP contribution is -2.04. The lowest BCUT2D eigenvalue weighted by molar-refractivity contribution is 0.467. The van der Waals surface area contributed by atoms with E-state index in [0.717, 1.165) is 12.1 Å². The van der Waals surface area contributed by atoms with E-state index >= 15 is 0 Å². The van der Waals surface area contributed by atoms with E-state index < -0.39 is 35.8 Å². The quantitative estimate of drug-likeness (QED) is 0.707. The van der Waals surface area contributed by atoms with Crippen LogP contribution in [-0.2, 0) is 20.2 Å². The molecule has 0 fully saturated rings. The Balaban J connectivity index is 3.13. The summed E-state index contributed by atoms with van der Waals surface area (Å²) in [6.07, 6.45) is 0. The normalized spacial score (nSPS) is 12.7. The smallest absolute Gasteiger partial charge is 0.295 e. The van der Waals surface area contributed by atoms with Crippen LogP contribution in [0.3, 0.4) is 0 Å². The number of phenols is 1. The number of benzene rings is 2. The molecule has 3 N–H and O–H groups in total. The fourth-order valence-corrected chi connectivity index (χ4v) is 3.31. The maximum Gasteiger partial charge on any atom is 0.295 e. The molecule has 0 saturated carbocycles. The number of hydrogen-bond donors (Lipinski definition) is 3. The van der Waals surface area contributed by atoms with Gasteiger partial charge in [0.2, 0.25) is 0 Å². The Morgan fingerprint density at radius 1 is 0.842 bits per heavy atom. The van der Waals surface area contributed by atoms with Crippen molar-refractivity contribution in [2.45, 2.75) is 9.79 Å². The van der Waals surface area contributed by atoms with Crippen LogP contribution in [0.15, 0.2) is 40.1 Å². The van der Waals surface area contributed by atoms with Crippen molar-refractivity contribution in [2.24, 2.45) is 0 Å². The van der Waals surface area contributed by atoms with E-state index in [-0.39, 0.29) is 10.8 Å². The topological polar surface area (TPSA) is 129 Å². The number of hydrogen-bond acceptors (Lipinski definition) is 5. The zero-order chi connectivity index (χ0) is 14.4. The van der Waals surface area contributed by atoms with Gasteiger partial charge in [-0.25, -0.2) is 0 Å². The highest BCUT2D eigenvalue weighted by Crippen LogP contribution is 2.32. The summed E-state index contributed by atoms with van der Waals surface area (Å²) < 4.78 is 63.1. The van der Waals surface area contributed by atoms with E-state index in [4.69, 9.17) is 9.11 Å². The molecule has 0 radical (unpaired) electrons. The molecule has 2 aromatic carbocycles. The number of aromatic hydroxyl groups is 1. The SMILES string of the molecule is O=S(=O)(O)c1cccc2cc(O)cc(S(=O)(=O)O)c12. The molecule has 2 aromatic rings. The van der Waals surface area contributed by atoms with Gasteiger partial charge in [-0.2, -0.15) is 16.8 Å². The zero-order valence-corrected chi connectivity index (χ0v) is 10.8. The summed E-state index contributed by atoms with van der Waals surface area (Å²) in [6, 6.07) is 5.39. The van der Waals surface area contributed by atoms with Gasteiger partial charge in [0, 0.05) is 11.5 Å². The minimum absolute atomic E-state index is 0.0442. The van der Waals surface area contributed by atoms with Crippen molar-refractivity contribution in [2.75, 3.05) is 0 Å². The van der Waals surface area contributed by atoms with Crippen molar-refractivity contribution >= 4 is 31.0 Å². The minimum atomic E-state index is -4.77. The van der Waals surface area contributed by atoms with Crippen LogP contribution >= 0.6 is 0 Å². The lowest BCUT2D eigenvalue weighted by atomic mass is 10.1. The molecule has 0 aliphatic rings. The fourth-order valence-electron chi connectivity index (χ4n) is 1.76. The van der Waals surface area contributed by atoms with Gasteiger partial charge in [-0.05, 0) is 17.5 Å². The first-order valence-corrected chi connectivity index (χ1v) is 7.69. The Morgan fingerprint density at radius 3 is 1.95 bits per heavy atom. The molecule has 0 heterocycles. The molecule has 7 nitrogen and oxygen atoms in total. The Kier molecular flexibility index (Phi) is 3.01. The number of rotatable bonds is 2. The van der Waals surface area contributed by atoms with Gasteiger partial charge < -0.3 is 5.11 Å². The molecule has 0 aliphatic heterocycles. The predicted molar refractivity (Wildman–Crippen MR) is 65.2 cm³/mol. The highest BCUT2D eigenvalue weighted by Gasteiger charge is 2.23. The van der Waals surface area contributed by atoms with Crippen LogP contribution in [0.25, 0.3) is 10.8 Å². The third-order valence-corrected chi connectivity index (χ3v) is 4.22. The van der Waals surface area contributed by atoms with E-state index in [1.165, 1.54) is 12.1 Å². The summed E-state index contributed by atoms with van der Waals surface area (Å²) in [7, 11) is -9.45. The van der Waals surface area contributed by atoms with Gasteiger partial charge in [0.05, 0.1) is 0 Å². The van der Waals surface area contributed by atoms with Gasteiger partial charge in [-0.1, -0.05) is 12.1 Å². The van der Waals surface area contributed by atoms with E-state index in [1.807, 2.05) is 0 Å². The van der Waals surface area contributed by atoms with Crippen LogP contribution in [0.2, 0.25) is 0 Å². The molecular formula is C10H8O7S2. The maximum atomic E-state index is 11.2. The average molecular weight is 304 g/mol. The molecule has 0 bridgehead atoms. The monoisotopic (exact) mass is 304 g/mol. The largest absolute Gasteiger partial charge is 0.508 e. The van der Waals surface area contributed by atoms with Crippen molar-refractivity contribution in [1.82, 2.24) is 0 Å². The Hall–Kier alpha value is -1.68. The van der Waals surface area contributed by atoms with Crippen LogP contribution in [0.4, 0.5) is 0 Å². The summed E-state index contributed by atoms with van der Waals surface area (Å²) in [5.74, 6) is -0.465. The molecule has 9 heteroatoms. The van der Waals surface area contributed by atoms with Crippen molar-refractivity contribution in [3.63, 3.8) is 0 Å². The number of phenolic OH excluding ortho intramolecular Hbond substituents is 1. The summed E-state index contributed by atoms with van der Waals surface area (Å²) in [4.78, 5) is -1.46. The third kappa shape index (κ3) is 2.54. The zero-order valence-electron chi connectivity index (χ0n) is 9.18. The fraction of sp³-hybridized carbons (Fsp3) is 0. The molecule has 0 aromatic heterocycles. The predicted octanol–water partition coefficient (Wildman–Crippen LogP) is 1.04. The second kappa shape index (κ2) is 4.17. The molecule has 102 valence electrons. The van der Waals surface area contributed by atoms with Crippen LogP contribution in [-0.4, -0.2) is 31.0 Å². The van der Waals surface area contributed by atoms with E-state index in [1.54, 1.807) is 0 Å². The molecule has 0 saturated heterocycles. The van der Waals surface area contributed by atoms with Crippen LogP contribution < -0.4 is 0 Å². The van der Waals surface area contributed by atoms with E-state index in [2.05, 4.69) is 0 Å². The molecule has 0 unspecified atom stereocenters. The summed E-state index contributed by atoms with van der Waals surface area (Å²) in [6.45, 7) is 0. The van der Waals surface area contributed by atoms with Crippen LogP contribution in [0, 0.1) is 0 Å². The van der Waals surface area contributed by atoms with Crippen molar-refractivity contribution < 1.29 is 31.0 Å². The minimum Gasteiger partial charge on any atom is -0.508 e. The van der Waals surface area contributed by atoms with Crippen LogP contribution in [0.1, 0.15) is 0 Å². The second-order valence-electron chi connectivity index (χ2n) is 3.75. The Bertz CT molecular complexity index is 866. The number of fused-ring (bicyclic) bond motifs is 1. The van der Waals surface area contributed by atoms with Gasteiger partial charge >= 0.3 is 0 Å². The van der Waals surface area contributed by atoms with Gasteiger partial charge in [-0.15, -0.1) is 0 Å². The molecule has 0 atom stereocenters. The summed E-state index contributed by atoms with van der Waals surface area (Å²) >= 11 is 0. The van der Waals surface area contributed by atoms with Gasteiger partial charge in [0.25, 0.3) is 20.2 Å². The molecule has 0 amide bonds. The van der Waals surface area contributed by atoms with E-state index in [0.29, 0.717) is 6.07 Å². The first-order chi connectivity index (χ1) is 8.60. The molecule has 0 spiro atoms. The van der Waals surface area contributed by atoms with E-state index in [9.17, 15) is 21.9 Å². The van der Waals surface area contributed by atoms with Crippen LogP contribution in [0.5, 0.6) is 5.75 Å². The van der Waals surface area contributed by atoms with Gasteiger partial charge in [0.15, 0.2) is 0 Å². The summed E-state index contributed by atoms with van der Waals surface area (Å²) in [5, 5.41) is 9.04. The molecular weight excluding hydrogens is 296 g/mol. The van der Waals surface area contributed by atoms with Gasteiger partial charge in [-0.3, -0.25) is 9.11 Å². The summed E-state index contributed by atoms with van der Waals surface area (Å²) in [5.41, 5.74) is 0. The lowest BCUT2D eigenvalue weighted by Gasteiger charge is -2.08. The molecule has 2 rings (SSSR count). The second-order valence-corrected chi connectivity index (χ2v) is 6.53. The maximum absolute atomic E-state index is 11.2. The van der Waals surface area contributed by atoms with Crippen molar-refractivity contribution in [3.8, 4) is 5.75 Å². The highest BCUT2D eigenvalue weighted by molar-refractivity contribution is 7.87. The molecule has 0 aliphatic carbocycles. The van der Waals surface area contributed by atoms with Crippen molar-refractivity contribution in [1.29, 1.82) is 0 Å². The first-order valence-electron chi connectivity index (χ1n) is 4.81. The Labute approximate surface area is 108 Å². The first kappa shape index (κ1) is 13.7. The third-order valence-electron chi connectivity index (χ3n) is 2.44. The molecule has 19 heavy (non-hydrogen) atoms. The average Bonchev–Trinajstić information content (AvgIpc) is 2.24. The van der Waals surface area contributed by atoms with Gasteiger partial charge in [0.1, 0.15) is 15.5 Å².